The van der Waals surface area contributed by atoms with Gasteiger partial charge in [0.1, 0.15) is 11.6 Å². The minimum absolute atomic E-state index is 0.121. The smallest absolute Gasteiger partial charge is 0.330 e. The van der Waals surface area contributed by atoms with Crippen LogP contribution < -0.4 is 0 Å². The number of ether oxygens (including phenoxy) is 1. The SMILES string of the molecule is CC(C)[C@@H](C(=O)OC(C)(C)C)n1c(O)ccc1O. The summed E-state index contributed by atoms with van der Waals surface area (Å²) in [5.41, 5.74) is -0.609. The summed E-state index contributed by atoms with van der Waals surface area (Å²) in [7, 11) is 0. The van der Waals surface area contributed by atoms with Crippen LogP contribution in [0.4, 0.5) is 0 Å². The Balaban J connectivity index is 3.08. The van der Waals surface area contributed by atoms with Crippen molar-refractivity contribution in [3.05, 3.63) is 12.1 Å². The molecule has 1 heterocycles. The van der Waals surface area contributed by atoms with Crippen molar-refractivity contribution in [3.8, 4) is 11.8 Å². The molecule has 0 fully saturated rings. The number of hydrogen-bond donors (Lipinski definition) is 2. The Bertz CT molecular complexity index is 409. The molecule has 0 bridgehead atoms. The molecule has 0 spiro atoms. The maximum absolute atomic E-state index is 12.1. The second kappa shape index (κ2) is 4.92. The summed E-state index contributed by atoms with van der Waals surface area (Å²) in [5.74, 6) is -0.905. The predicted molar refractivity (Wildman–Crippen MR) is 67.5 cm³/mol. The molecule has 18 heavy (non-hydrogen) atoms. The van der Waals surface area contributed by atoms with Gasteiger partial charge < -0.3 is 14.9 Å². The van der Waals surface area contributed by atoms with Gasteiger partial charge in [-0.1, -0.05) is 13.8 Å². The number of carbonyl (C=O) groups is 1. The molecular formula is C13H21NO4. The molecule has 0 saturated carbocycles. The number of hydrogen-bond acceptors (Lipinski definition) is 4. The van der Waals surface area contributed by atoms with Gasteiger partial charge in [0.15, 0.2) is 11.8 Å². The Morgan fingerprint density at radius 1 is 1.22 bits per heavy atom. The van der Waals surface area contributed by atoms with Gasteiger partial charge in [-0.2, -0.15) is 0 Å². The summed E-state index contributed by atoms with van der Waals surface area (Å²) < 4.78 is 6.49. The van der Waals surface area contributed by atoms with Crippen LogP contribution in [0.25, 0.3) is 0 Å². The molecule has 0 saturated heterocycles. The Kier molecular flexibility index (Phi) is 3.94. The quantitative estimate of drug-likeness (QED) is 0.814. The minimum Gasteiger partial charge on any atom is -0.494 e. The summed E-state index contributed by atoms with van der Waals surface area (Å²) in [4.78, 5) is 12.1. The molecule has 1 aromatic heterocycles. The van der Waals surface area contributed by atoms with Crippen molar-refractivity contribution in [2.45, 2.75) is 46.3 Å². The Hall–Kier alpha value is -1.65. The average molecular weight is 255 g/mol. The van der Waals surface area contributed by atoms with Gasteiger partial charge >= 0.3 is 5.97 Å². The van der Waals surface area contributed by atoms with E-state index in [4.69, 9.17) is 4.74 Å². The largest absolute Gasteiger partial charge is 0.494 e. The maximum atomic E-state index is 12.1. The van der Waals surface area contributed by atoms with Gasteiger partial charge in [0, 0.05) is 12.1 Å². The number of aromatic nitrogens is 1. The van der Waals surface area contributed by atoms with Crippen LogP contribution in [0.15, 0.2) is 12.1 Å². The third kappa shape index (κ3) is 3.18. The lowest BCUT2D eigenvalue weighted by Gasteiger charge is -2.27. The summed E-state index contributed by atoms with van der Waals surface area (Å²) in [6.45, 7) is 8.98. The molecule has 5 nitrogen and oxygen atoms in total. The molecule has 0 unspecified atom stereocenters. The molecule has 0 aliphatic heterocycles. The van der Waals surface area contributed by atoms with Gasteiger partial charge in [0.05, 0.1) is 0 Å². The molecule has 0 radical (unpaired) electrons. The Labute approximate surface area is 107 Å². The van der Waals surface area contributed by atoms with Crippen molar-refractivity contribution in [3.63, 3.8) is 0 Å². The topological polar surface area (TPSA) is 71.7 Å². The van der Waals surface area contributed by atoms with E-state index in [-0.39, 0.29) is 17.7 Å². The first-order valence-electron chi connectivity index (χ1n) is 5.95. The Morgan fingerprint density at radius 3 is 2.00 bits per heavy atom. The monoisotopic (exact) mass is 255 g/mol. The predicted octanol–water partition coefficient (Wildman–Crippen LogP) is 2.44. The highest BCUT2D eigenvalue weighted by atomic mass is 16.6. The van der Waals surface area contributed by atoms with Crippen LogP contribution in [0, 0.1) is 5.92 Å². The third-order valence-corrected chi connectivity index (χ3v) is 2.43. The van der Waals surface area contributed by atoms with E-state index in [1.54, 1.807) is 20.8 Å². The fourth-order valence-corrected chi connectivity index (χ4v) is 1.75. The van der Waals surface area contributed by atoms with Crippen LogP contribution in [-0.4, -0.2) is 26.4 Å². The van der Waals surface area contributed by atoms with E-state index in [0.29, 0.717) is 0 Å². The molecule has 0 aliphatic carbocycles. The summed E-state index contributed by atoms with van der Waals surface area (Å²) in [6, 6.07) is 1.93. The van der Waals surface area contributed by atoms with E-state index in [1.165, 1.54) is 16.7 Å². The maximum Gasteiger partial charge on any atom is 0.330 e. The van der Waals surface area contributed by atoms with Crippen molar-refractivity contribution < 1.29 is 19.7 Å². The molecule has 0 amide bonds. The Morgan fingerprint density at radius 2 is 1.67 bits per heavy atom. The second-order valence-electron chi connectivity index (χ2n) is 5.64. The van der Waals surface area contributed by atoms with Crippen LogP contribution >= 0.6 is 0 Å². The van der Waals surface area contributed by atoms with Gasteiger partial charge in [0.25, 0.3) is 0 Å². The molecule has 0 aliphatic rings. The van der Waals surface area contributed by atoms with E-state index in [0.717, 1.165) is 0 Å². The van der Waals surface area contributed by atoms with E-state index >= 15 is 0 Å². The van der Waals surface area contributed by atoms with Gasteiger partial charge in [-0.25, -0.2) is 4.79 Å². The second-order valence-corrected chi connectivity index (χ2v) is 5.64. The highest BCUT2D eigenvalue weighted by molar-refractivity contribution is 5.75. The number of carbonyl (C=O) groups excluding carboxylic acids is 1. The van der Waals surface area contributed by atoms with Gasteiger partial charge in [0.2, 0.25) is 0 Å². The van der Waals surface area contributed by atoms with Gasteiger partial charge in [-0.05, 0) is 26.7 Å². The lowest BCUT2D eigenvalue weighted by Crippen LogP contribution is -2.32. The van der Waals surface area contributed by atoms with Gasteiger partial charge in [-0.15, -0.1) is 0 Å². The molecule has 2 N–H and O–H groups in total. The molecule has 1 atom stereocenters. The molecular weight excluding hydrogens is 234 g/mol. The zero-order valence-electron chi connectivity index (χ0n) is 11.5. The lowest BCUT2D eigenvalue weighted by molar-refractivity contribution is -0.160. The van der Waals surface area contributed by atoms with Crippen LogP contribution in [0.3, 0.4) is 0 Å². The van der Waals surface area contributed by atoms with E-state index in [2.05, 4.69) is 0 Å². The number of rotatable bonds is 3. The molecule has 102 valence electrons. The van der Waals surface area contributed by atoms with E-state index < -0.39 is 17.6 Å². The fraction of sp³-hybridized carbons (Fsp3) is 0.615. The highest BCUT2D eigenvalue weighted by Crippen LogP contribution is 2.32. The first kappa shape index (κ1) is 14.4. The summed E-state index contributed by atoms with van der Waals surface area (Å²) in [5, 5.41) is 19.4. The zero-order valence-corrected chi connectivity index (χ0v) is 11.5. The fourth-order valence-electron chi connectivity index (χ4n) is 1.75. The van der Waals surface area contributed by atoms with Crippen LogP contribution in [0.5, 0.6) is 11.8 Å². The molecule has 0 aromatic carbocycles. The molecule has 1 rings (SSSR count). The first-order chi connectivity index (χ1) is 8.13. The lowest BCUT2D eigenvalue weighted by atomic mass is 10.0. The van der Waals surface area contributed by atoms with Gasteiger partial charge in [-0.3, -0.25) is 4.57 Å². The third-order valence-electron chi connectivity index (χ3n) is 2.43. The molecule has 1 aromatic rings. The first-order valence-corrected chi connectivity index (χ1v) is 5.95. The normalized spacial score (nSPS) is 13.7. The molecule has 5 heteroatoms. The van der Waals surface area contributed by atoms with Crippen molar-refractivity contribution in [1.82, 2.24) is 4.57 Å². The number of esters is 1. The van der Waals surface area contributed by atoms with Crippen molar-refractivity contribution in [2.24, 2.45) is 5.92 Å². The number of aromatic hydroxyl groups is 2. The van der Waals surface area contributed by atoms with Crippen molar-refractivity contribution >= 4 is 5.97 Å². The van der Waals surface area contributed by atoms with E-state index in [9.17, 15) is 15.0 Å². The number of nitrogens with zero attached hydrogens (tertiary/aromatic N) is 1. The van der Waals surface area contributed by atoms with Crippen molar-refractivity contribution in [2.75, 3.05) is 0 Å². The zero-order chi connectivity index (χ0) is 14.1. The summed E-state index contributed by atoms with van der Waals surface area (Å²) >= 11 is 0. The highest BCUT2D eigenvalue weighted by Gasteiger charge is 2.32. The standard InChI is InChI=1S/C13H21NO4/c1-8(2)11(12(17)18-13(3,4)5)14-9(15)6-7-10(14)16/h6-8,11,15-16H,1-5H3/t11-/m0/s1. The van der Waals surface area contributed by atoms with Crippen LogP contribution in [0.2, 0.25) is 0 Å². The minimum atomic E-state index is -0.751. The van der Waals surface area contributed by atoms with E-state index in [1.807, 2.05) is 13.8 Å². The van der Waals surface area contributed by atoms with Crippen LogP contribution in [-0.2, 0) is 9.53 Å². The summed E-state index contributed by atoms with van der Waals surface area (Å²) in [6.07, 6.45) is 0. The average Bonchev–Trinajstić information content (AvgIpc) is 2.46. The van der Waals surface area contributed by atoms with Crippen molar-refractivity contribution in [1.29, 1.82) is 0 Å². The van der Waals surface area contributed by atoms with Crippen LogP contribution in [0.1, 0.15) is 40.7 Å².